The van der Waals surface area contributed by atoms with E-state index in [9.17, 15) is 4.79 Å². The van der Waals surface area contributed by atoms with E-state index in [0.29, 0.717) is 22.8 Å². The lowest BCUT2D eigenvalue weighted by Gasteiger charge is -2.10. The monoisotopic (exact) mass is 418 g/mol. The number of pyridine rings is 1. The first kappa shape index (κ1) is 20.1. The van der Waals surface area contributed by atoms with Gasteiger partial charge in [0, 0.05) is 17.3 Å². The number of aryl methyl sites for hydroxylation is 2. The summed E-state index contributed by atoms with van der Waals surface area (Å²) in [7, 11) is 0. The summed E-state index contributed by atoms with van der Waals surface area (Å²) >= 11 is 6.32. The van der Waals surface area contributed by atoms with E-state index in [2.05, 4.69) is 22.5 Å². The molecule has 0 aliphatic carbocycles. The van der Waals surface area contributed by atoms with Crippen molar-refractivity contribution in [2.24, 2.45) is 0 Å². The largest absolute Gasteiger partial charge is 0.352 e. The van der Waals surface area contributed by atoms with Crippen LogP contribution in [0.2, 0.25) is 5.02 Å². The number of aromatic nitrogens is 3. The van der Waals surface area contributed by atoms with Crippen molar-refractivity contribution in [3.8, 4) is 5.69 Å². The molecular formula is C24H23ClN4O. The fourth-order valence-corrected chi connectivity index (χ4v) is 3.82. The summed E-state index contributed by atoms with van der Waals surface area (Å²) in [5.74, 6) is -0.119. The van der Waals surface area contributed by atoms with E-state index in [-0.39, 0.29) is 5.91 Å². The number of hydrogen-bond acceptors (Lipinski definition) is 3. The van der Waals surface area contributed by atoms with Crippen molar-refractivity contribution in [2.75, 3.05) is 6.54 Å². The summed E-state index contributed by atoms with van der Waals surface area (Å²) < 4.78 is 1.78. The smallest absolute Gasteiger partial charge is 0.252 e. The van der Waals surface area contributed by atoms with E-state index in [4.69, 9.17) is 16.6 Å². The number of halogens is 1. The summed E-state index contributed by atoms with van der Waals surface area (Å²) in [5.41, 5.74) is 5.73. The molecule has 0 fully saturated rings. The van der Waals surface area contributed by atoms with Gasteiger partial charge in [0.15, 0.2) is 5.65 Å². The lowest BCUT2D eigenvalue weighted by Crippen LogP contribution is -2.26. The minimum absolute atomic E-state index is 0.119. The fraction of sp³-hybridized carbons (Fsp3) is 0.208. The number of nitrogens with one attached hydrogen (secondary N) is 1. The maximum Gasteiger partial charge on any atom is 0.252 e. The van der Waals surface area contributed by atoms with Gasteiger partial charge in [-0.3, -0.25) is 4.79 Å². The van der Waals surface area contributed by atoms with Gasteiger partial charge in [-0.2, -0.15) is 5.10 Å². The van der Waals surface area contributed by atoms with Crippen LogP contribution in [0.4, 0.5) is 0 Å². The normalized spacial score (nSPS) is 11.1. The quantitative estimate of drug-likeness (QED) is 0.497. The molecule has 1 amide bonds. The second kappa shape index (κ2) is 8.28. The first-order valence-electron chi connectivity index (χ1n) is 9.90. The fourth-order valence-electron chi connectivity index (χ4n) is 3.65. The van der Waals surface area contributed by atoms with E-state index in [1.165, 1.54) is 5.56 Å². The van der Waals surface area contributed by atoms with E-state index in [0.717, 1.165) is 34.4 Å². The molecule has 0 radical (unpaired) electrons. The molecule has 0 unspecified atom stereocenters. The highest BCUT2D eigenvalue weighted by Crippen LogP contribution is 2.28. The number of rotatable bonds is 5. The zero-order valence-electron chi connectivity index (χ0n) is 17.2. The van der Waals surface area contributed by atoms with Crippen LogP contribution in [0.5, 0.6) is 0 Å². The Morgan fingerprint density at radius 3 is 2.60 bits per heavy atom. The first-order valence-corrected chi connectivity index (χ1v) is 10.3. The highest BCUT2D eigenvalue weighted by molar-refractivity contribution is 6.31. The van der Waals surface area contributed by atoms with Gasteiger partial charge >= 0.3 is 0 Å². The van der Waals surface area contributed by atoms with Gasteiger partial charge < -0.3 is 5.32 Å². The second-order valence-electron chi connectivity index (χ2n) is 7.38. The minimum Gasteiger partial charge on any atom is -0.352 e. The Balaban J connectivity index is 1.70. The number of carbonyl (C=O) groups excluding carboxylic acids is 1. The zero-order valence-corrected chi connectivity index (χ0v) is 18.0. The minimum atomic E-state index is -0.119. The third kappa shape index (κ3) is 3.81. The summed E-state index contributed by atoms with van der Waals surface area (Å²) in [4.78, 5) is 17.7. The topological polar surface area (TPSA) is 59.8 Å². The highest BCUT2D eigenvalue weighted by Gasteiger charge is 2.20. The van der Waals surface area contributed by atoms with Crippen molar-refractivity contribution in [1.82, 2.24) is 20.1 Å². The van der Waals surface area contributed by atoms with Gasteiger partial charge in [-0.15, -0.1) is 0 Å². The van der Waals surface area contributed by atoms with Crippen LogP contribution < -0.4 is 5.32 Å². The van der Waals surface area contributed by atoms with Crippen LogP contribution in [0.3, 0.4) is 0 Å². The molecule has 0 spiro atoms. The maximum absolute atomic E-state index is 13.0. The molecule has 5 nitrogen and oxygen atoms in total. The number of hydrogen-bond donors (Lipinski definition) is 1. The number of amides is 1. The predicted molar refractivity (Wildman–Crippen MR) is 121 cm³/mol. The van der Waals surface area contributed by atoms with Crippen LogP contribution in [0.25, 0.3) is 16.7 Å². The summed E-state index contributed by atoms with van der Waals surface area (Å²) in [6, 6.07) is 17.6. The lowest BCUT2D eigenvalue weighted by molar-refractivity contribution is 0.0955. The molecule has 0 aliphatic rings. The molecule has 6 heteroatoms. The van der Waals surface area contributed by atoms with E-state index in [1.54, 1.807) is 4.68 Å². The highest BCUT2D eigenvalue weighted by atomic mass is 35.5. The molecule has 0 saturated heterocycles. The third-order valence-electron chi connectivity index (χ3n) is 5.19. The van der Waals surface area contributed by atoms with E-state index >= 15 is 0 Å². The molecule has 30 heavy (non-hydrogen) atoms. The number of benzene rings is 2. The van der Waals surface area contributed by atoms with Crippen molar-refractivity contribution in [2.45, 2.75) is 27.2 Å². The molecule has 2 aromatic heterocycles. The molecule has 4 rings (SSSR count). The predicted octanol–water partition coefficient (Wildman–Crippen LogP) is 4.97. The van der Waals surface area contributed by atoms with Crippen molar-refractivity contribution < 1.29 is 4.79 Å². The van der Waals surface area contributed by atoms with Gasteiger partial charge in [-0.05, 0) is 56.5 Å². The summed E-state index contributed by atoms with van der Waals surface area (Å²) in [6.45, 7) is 6.30. The van der Waals surface area contributed by atoms with Gasteiger partial charge in [0.25, 0.3) is 5.91 Å². The molecule has 2 heterocycles. The van der Waals surface area contributed by atoms with Crippen LogP contribution >= 0.6 is 11.6 Å². The van der Waals surface area contributed by atoms with E-state index < -0.39 is 0 Å². The number of nitrogens with zero attached hydrogens (tertiary/aromatic N) is 3. The maximum atomic E-state index is 13.0. The van der Waals surface area contributed by atoms with Crippen molar-refractivity contribution >= 4 is 28.5 Å². The van der Waals surface area contributed by atoms with Crippen LogP contribution in [0, 0.1) is 20.8 Å². The van der Waals surface area contributed by atoms with Crippen LogP contribution in [-0.2, 0) is 6.42 Å². The molecule has 0 aliphatic heterocycles. The van der Waals surface area contributed by atoms with Crippen molar-refractivity contribution in [1.29, 1.82) is 0 Å². The Bertz CT molecular complexity index is 1230. The Kier molecular flexibility index (Phi) is 5.55. The number of carbonyl (C=O) groups is 1. The molecule has 2 aromatic carbocycles. The molecule has 0 bridgehead atoms. The third-order valence-corrected chi connectivity index (χ3v) is 5.60. The van der Waals surface area contributed by atoms with Gasteiger partial charge in [-0.1, -0.05) is 48.0 Å². The van der Waals surface area contributed by atoms with Crippen LogP contribution in [-0.4, -0.2) is 27.2 Å². The summed E-state index contributed by atoms with van der Waals surface area (Å²) in [6.07, 6.45) is 0.778. The molecule has 1 N–H and O–H groups in total. The van der Waals surface area contributed by atoms with Gasteiger partial charge in [0.05, 0.1) is 22.3 Å². The zero-order chi connectivity index (χ0) is 21.3. The first-order chi connectivity index (χ1) is 14.5. The lowest BCUT2D eigenvalue weighted by atomic mass is 10.1. The van der Waals surface area contributed by atoms with Gasteiger partial charge in [0.1, 0.15) is 0 Å². The summed E-state index contributed by atoms with van der Waals surface area (Å²) in [5, 5.41) is 9.16. The number of fused-ring (bicyclic) bond motifs is 1. The average molecular weight is 419 g/mol. The average Bonchev–Trinajstić information content (AvgIpc) is 3.06. The standard InChI is InChI=1S/C24H23ClN4O/c1-15-14-19(24(30)26-13-12-18-8-5-4-6-9-18)22-17(3)28-29(23(22)27-15)21-11-7-10-20(25)16(21)2/h4-11,14H,12-13H2,1-3H3,(H,26,30). The van der Waals surface area contributed by atoms with E-state index in [1.807, 2.05) is 63.2 Å². The molecular weight excluding hydrogens is 396 g/mol. The van der Waals surface area contributed by atoms with Crippen molar-refractivity contribution in [3.63, 3.8) is 0 Å². The molecule has 152 valence electrons. The molecule has 0 saturated carbocycles. The molecule has 4 aromatic rings. The second-order valence-corrected chi connectivity index (χ2v) is 7.79. The van der Waals surface area contributed by atoms with Crippen molar-refractivity contribution in [3.05, 3.63) is 87.7 Å². The van der Waals surface area contributed by atoms with Crippen LogP contribution in [0.1, 0.15) is 32.9 Å². The SMILES string of the molecule is Cc1cc(C(=O)NCCc2ccccc2)c2c(C)nn(-c3cccc(Cl)c3C)c2n1. The Labute approximate surface area is 180 Å². The van der Waals surface area contributed by atoms with Gasteiger partial charge in [-0.25, -0.2) is 9.67 Å². The van der Waals surface area contributed by atoms with Crippen LogP contribution in [0.15, 0.2) is 54.6 Å². The Morgan fingerprint density at radius 2 is 1.83 bits per heavy atom. The Hall–Kier alpha value is -3.18. The van der Waals surface area contributed by atoms with Gasteiger partial charge in [0.2, 0.25) is 0 Å². The Morgan fingerprint density at radius 1 is 1.07 bits per heavy atom. The molecule has 0 atom stereocenters.